The second-order valence-electron chi connectivity index (χ2n) is 7.98. The molecule has 1 unspecified atom stereocenters. The van der Waals surface area contributed by atoms with E-state index in [9.17, 15) is 0 Å². The minimum absolute atomic E-state index is 0.180. The lowest BCUT2D eigenvalue weighted by Crippen LogP contribution is -2.38. The molecular formula is C21H26N5OP. The number of fused-ring (bicyclic) bond motifs is 1. The second kappa shape index (κ2) is 7.34. The molecule has 2 atom stereocenters. The molecule has 3 heterocycles. The molecule has 0 radical (unpaired) electrons. The molecule has 2 fully saturated rings. The quantitative estimate of drug-likeness (QED) is 0.672. The van der Waals surface area contributed by atoms with Crippen molar-refractivity contribution in [3.63, 3.8) is 0 Å². The van der Waals surface area contributed by atoms with E-state index in [1.807, 2.05) is 22.8 Å². The number of nitrogens with zero attached hydrogens (tertiary/aromatic N) is 4. The van der Waals surface area contributed by atoms with Crippen LogP contribution in [0.25, 0.3) is 5.65 Å². The first kappa shape index (κ1) is 17.9. The Morgan fingerprint density at radius 1 is 1.21 bits per heavy atom. The van der Waals surface area contributed by atoms with E-state index in [4.69, 9.17) is 9.84 Å². The van der Waals surface area contributed by atoms with Crippen molar-refractivity contribution in [3.8, 4) is 5.88 Å². The lowest BCUT2D eigenvalue weighted by Gasteiger charge is -2.29. The van der Waals surface area contributed by atoms with Gasteiger partial charge in [-0.1, -0.05) is 12.1 Å². The number of likely N-dealkylation sites (tertiary alicyclic amines) is 1. The zero-order valence-electron chi connectivity index (χ0n) is 16.1. The number of hydrogen-bond acceptors (Lipinski definition) is 5. The van der Waals surface area contributed by atoms with Gasteiger partial charge in [0.2, 0.25) is 5.88 Å². The van der Waals surface area contributed by atoms with Gasteiger partial charge in [-0.3, -0.25) is 0 Å². The maximum Gasteiger partial charge on any atom is 0.234 e. The van der Waals surface area contributed by atoms with Crippen molar-refractivity contribution >= 4 is 31.6 Å². The number of imidazole rings is 1. The van der Waals surface area contributed by atoms with Gasteiger partial charge < -0.3 is 15.0 Å². The number of benzene rings is 1. The Labute approximate surface area is 167 Å². The van der Waals surface area contributed by atoms with Crippen LogP contribution in [0.3, 0.4) is 0 Å². The monoisotopic (exact) mass is 395 g/mol. The highest BCUT2D eigenvalue weighted by atomic mass is 31.0. The van der Waals surface area contributed by atoms with Gasteiger partial charge in [0.15, 0.2) is 5.65 Å². The molecule has 0 amide bonds. The summed E-state index contributed by atoms with van der Waals surface area (Å²) < 4.78 is 8.29. The van der Waals surface area contributed by atoms with Crippen molar-refractivity contribution in [2.24, 2.45) is 0 Å². The summed E-state index contributed by atoms with van der Waals surface area (Å²) >= 11 is 0. The number of likely N-dealkylation sites (N-methyl/N-ethyl adjacent to an activating group) is 1. The van der Waals surface area contributed by atoms with E-state index in [2.05, 4.69) is 49.7 Å². The molecule has 28 heavy (non-hydrogen) atoms. The maximum absolute atomic E-state index is 6.31. The van der Waals surface area contributed by atoms with Gasteiger partial charge in [0, 0.05) is 24.2 Å². The molecule has 1 aliphatic heterocycles. The van der Waals surface area contributed by atoms with Crippen LogP contribution < -0.4 is 15.4 Å². The number of rotatable bonds is 5. The molecule has 1 N–H and O–H groups in total. The van der Waals surface area contributed by atoms with E-state index in [0.717, 1.165) is 48.3 Å². The fourth-order valence-corrected chi connectivity index (χ4v) is 4.22. The number of hydrogen-bond donors (Lipinski definition) is 1. The largest absolute Gasteiger partial charge is 0.472 e. The van der Waals surface area contributed by atoms with Crippen LogP contribution in [-0.2, 0) is 0 Å². The Hall–Kier alpha value is -2.17. The Morgan fingerprint density at radius 2 is 2.11 bits per heavy atom. The first-order valence-corrected chi connectivity index (χ1v) is 10.6. The lowest BCUT2D eigenvalue weighted by atomic mass is 10.1. The third-order valence-corrected chi connectivity index (χ3v) is 5.86. The first-order valence-electron chi connectivity index (χ1n) is 10.0. The van der Waals surface area contributed by atoms with E-state index in [0.29, 0.717) is 11.8 Å². The van der Waals surface area contributed by atoms with Crippen LogP contribution >= 0.6 is 9.24 Å². The van der Waals surface area contributed by atoms with Gasteiger partial charge in [0.05, 0.1) is 17.6 Å². The summed E-state index contributed by atoms with van der Waals surface area (Å²) in [4.78, 5) is 6.99. The van der Waals surface area contributed by atoms with Crippen LogP contribution in [0.1, 0.15) is 37.3 Å². The Balaban J connectivity index is 1.51. The van der Waals surface area contributed by atoms with Crippen LogP contribution in [0.15, 0.2) is 36.5 Å². The van der Waals surface area contributed by atoms with Crippen molar-refractivity contribution in [1.29, 1.82) is 0 Å². The van der Waals surface area contributed by atoms with Gasteiger partial charge in [0.25, 0.3) is 0 Å². The van der Waals surface area contributed by atoms with Gasteiger partial charge >= 0.3 is 0 Å². The van der Waals surface area contributed by atoms with E-state index in [1.54, 1.807) is 0 Å². The van der Waals surface area contributed by atoms with E-state index >= 15 is 0 Å². The van der Waals surface area contributed by atoms with Crippen molar-refractivity contribution in [2.45, 2.75) is 37.7 Å². The van der Waals surface area contributed by atoms with Crippen LogP contribution in [0, 0.1) is 0 Å². The van der Waals surface area contributed by atoms with Crippen LogP contribution in [0.5, 0.6) is 5.88 Å². The molecule has 7 heteroatoms. The summed E-state index contributed by atoms with van der Waals surface area (Å²) in [5, 5.41) is 9.46. The highest BCUT2D eigenvalue weighted by Crippen LogP contribution is 2.41. The summed E-state index contributed by atoms with van der Waals surface area (Å²) in [5.74, 6) is 1.24. The van der Waals surface area contributed by atoms with Crippen LogP contribution in [0.4, 0.5) is 11.4 Å². The molecule has 0 spiro atoms. The van der Waals surface area contributed by atoms with Gasteiger partial charge in [0.1, 0.15) is 6.10 Å². The van der Waals surface area contributed by atoms with Crippen molar-refractivity contribution < 1.29 is 4.74 Å². The van der Waals surface area contributed by atoms with Gasteiger partial charge in [-0.2, -0.15) is 0 Å². The van der Waals surface area contributed by atoms with Crippen LogP contribution in [-0.4, -0.2) is 45.7 Å². The Morgan fingerprint density at radius 3 is 2.89 bits per heavy atom. The molecule has 1 saturated carbocycles. The minimum atomic E-state index is 0.180. The molecule has 6 nitrogen and oxygen atoms in total. The van der Waals surface area contributed by atoms with Crippen molar-refractivity contribution in [2.75, 3.05) is 25.5 Å². The summed E-state index contributed by atoms with van der Waals surface area (Å²) in [6, 6.07) is 10.3. The third-order valence-electron chi connectivity index (χ3n) is 5.50. The number of aromatic nitrogens is 3. The third kappa shape index (κ3) is 3.71. The predicted octanol–water partition coefficient (Wildman–Crippen LogP) is 3.32. The molecule has 3 aromatic rings. The fraction of sp³-hybridized carbons (Fsp3) is 0.429. The molecule has 5 rings (SSSR count). The number of piperidine rings is 1. The fourth-order valence-electron chi connectivity index (χ4n) is 3.93. The SMILES string of the molecule is CN1CCC[C@H](Oc2cc(Nc3cccc(P)c3)c3ncc(C4CC4)n3n2)C1. The van der Waals surface area contributed by atoms with Crippen LogP contribution in [0.2, 0.25) is 0 Å². The van der Waals surface area contributed by atoms with Gasteiger partial charge in [-0.25, -0.2) is 9.50 Å². The van der Waals surface area contributed by atoms with E-state index < -0.39 is 0 Å². The number of ether oxygens (including phenoxy) is 1. The normalized spacial score (nSPS) is 20.4. The summed E-state index contributed by atoms with van der Waals surface area (Å²) in [7, 11) is 4.89. The standard InChI is InChI=1S/C21H26N5OP/c1-25-9-3-5-16(13-25)27-20-11-18(23-15-4-2-6-17(28)10-15)21-22-12-19(14-7-8-14)26(21)24-20/h2,4,6,10-12,14,16,23H,3,5,7-9,13,28H2,1H3/t16-/m0/s1. The second-order valence-corrected chi connectivity index (χ2v) is 8.65. The van der Waals surface area contributed by atoms with E-state index in [1.165, 1.54) is 18.5 Å². The molecule has 2 aromatic heterocycles. The number of nitrogens with one attached hydrogen (secondary N) is 1. The minimum Gasteiger partial charge on any atom is -0.472 e. The zero-order valence-corrected chi connectivity index (χ0v) is 17.3. The molecule has 146 valence electrons. The highest BCUT2D eigenvalue weighted by molar-refractivity contribution is 7.27. The van der Waals surface area contributed by atoms with Crippen molar-refractivity contribution in [3.05, 3.63) is 42.2 Å². The van der Waals surface area contributed by atoms with Gasteiger partial charge in [-0.15, -0.1) is 14.3 Å². The number of anilines is 2. The summed E-state index contributed by atoms with van der Waals surface area (Å²) in [5.41, 5.74) is 3.99. The molecule has 1 aliphatic carbocycles. The predicted molar refractivity (Wildman–Crippen MR) is 115 cm³/mol. The first-order chi connectivity index (χ1) is 13.7. The molecule has 1 aromatic carbocycles. The average Bonchev–Trinajstić information content (AvgIpc) is 3.41. The van der Waals surface area contributed by atoms with Crippen molar-refractivity contribution in [1.82, 2.24) is 19.5 Å². The highest BCUT2D eigenvalue weighted by Gasteiger charge is 2.29. The van der Waals surface area contributed by atoms with E-state index in [-0.39, 0.29) is 6.10 Å². The smallest absolute Gasteiger partial charge is 0.234 e. The Kier molecular flexibility index (Phi) is 4.69. The topological polar surface area (TPSA) is 54.7 Å². The zero-order chi connectivity index (χ0) is 19.1. The summed E-state index contributed by atoms with van der Waals surface area (Å²) in [6.45, 7) is 2.08. The average molecular weight is 395 g/mol. The molecule has 1 saturated heterocycles. The van der Waals surface area contributed by atoms with Gasteiger partial charge in [-0.05, 0) is 56.7 Å². The summed E-state index contributed by atoms with van der Waals surface area (Å²) in [6.07, 6.45) is 6.81. The molecule has 2 aliphatic rings. The molecular weight excluding hydrogens is 369 g/mol. The lowest BCUT2D eigenvalue weighted by molar-refractivity contribution is 0.0988. The Bertz CT molecular complexity index is 1000. The molecule has 0 bridgehead atoms. The maximum atomic E-state index is 6.31.